The summed E-state index contributed by atoms with van der Waals surface area (Å²) < 4.78 is 0.959. The van der Waals surface area contributed by atoms with Gasteiger partial charge in [0.15, 0.2) is 0 Å². The van der Waals surface area contributed by atoms with E-state index in [2.05, 4.69) is 36.5 Å². The average molecular weight is 321 g/mol. The molecule has 1 unspecified atom stereocenters. The first-order chi connectivity index (χ1) is 9.33. The predicted molar refractivity (Wildman–Crippen MR) is 81.4 cm³/mol. The third-order valence-electron chi connectivity index (χ3n) is 3.45. The minimum atomic E-state index is 0.471. The Balaban J connectivity index is 1.87. The second kappa shape index (κ2) is 5.84. The smallest absolute Gasteiger partial charge is 0.112 e. The van der Waals surface area contributed by atoms with Crippen molar-refractivity contribution in [2.45, 2.75) is 25.3 Å². The number of nitrogens with one attached hydrogen (secondary N) is 2. The Hall–Kier alpha value is -1.20. The Morgan fingerprint density at radius 1 is 1.32 bits per heavy atom. The summed E-state index contributed by atoms with van der Waals surface area (Å²) in [6.45, 7) is 2.14. The van der Waals surface area contributed by atoms with Crippen LogP contribution in [0.15, 0.2) is 29.0 Å². The number of pyridine rings is 2. The van der Waals surface area contributed by atoms with Crippen LogP contribution in [0.2, 0.25) is 0 Å². The van der Waals surface area contributed by atoms with E-state index < -0.39 is 0 Å². The van der Waals surface area contributed by atoms with E-state index in [4.69, 9.17) is 0 Å². The lowest BCUT2D eigenvalue weighted by Crippen LogP contribution is -2.31. The Morgan fingerprint density at radius 2 is 2.26 bits per heavy atom. The van der Waals surface area contributed by atoms with Crippen molar-refractivity contribution >= 4 is 32.7 Å². The zero-order valence-electron chi connectivity index (χ0n) is 10.7. The summed E-state index contributed by atoms with van der Waals surface area (Å²) in [6.07, 6.45) is 7.39. The van der Waals surface area contributed by atoms with E-state index in [1.54, 1.807) is 0 Å². The largest absolute Gasteiger partial charge is 0.379 e. The fourth-order valence-corrected chi connectivity index (χ4v) is 2.80. The maximum atomic E-state index is 4.48. The first-order valence-corrected chi connectivity index (χ1v) is 7.50. The molecule has 2 N–H and O–H groups in total. The molecule has 1 saturated heterocycles. The SMILES string of the molecule is Brc1cnc2c(NC3CCCCNC3)ccnc2c1. The molecule has 0 spiro atoms. The van der Waals surface area contributed by atoms with Crippen molar-refractivity contribution in [1.82, 2.24) is 15.3 Å². The Bertz CT molecular complexity index is 564. The molecule has 0 bridgehead atoms. The highest BCUT2D eigenvalue weighted by Crippen LogP contribution is 2.23. The summed E-state index contributed by atoms with van der Waals surface area (Å²) in [5, 5.41) is 7.07. The Labute approximate surface area is 121 Å². The van der Waals surface area contributed by atoms with E-state index in [-0.39, 0.29) is 0 Å². The lowest BCUT2D eigenvalue weighted by atomic mass is 10.1. The topological polar surface area (TPSA) is 49.8 Å². The second-order valence-corrected chi connectivity index (χ2v) is 5.84. The fourth-order valence-electron chi connectivity index (χ4n) is 2.48. The highest BCUT2D eigenvalue weighted by Gasteiger charge is 2.13. The van der Waals surface area contributed by atoms with E-state index in [1.165, 1.54) is 19.3 Å². The highest BCUT2D eigenvalue weighted by molar-refractivity contribution is 9.10. The Kier molecular flexibility index (Phi) is 3.94. The number of nitrogens with zero attached hydrogens (tertiary/aromatic N) is 2. The molecule has 1 fully saturated rings. The number of anilines is 1. The van der Waals surface area contributed by atoms with E-state index in [0.29, 0.717) is 6.04 Å². The molecule has 1 atom stereocenters. The van der Waals surface area contributed by atoms with Crippen molar-refractivity contribution in [2.75, 3.05) is 18.4 Å². The van der Waals surface area contributed by atoms with Gasteiger partial charge in [0.1, 0.15) is 5.52 Å². The van der Waals surface area contributed by atoms with Crippen LogP contribution in [0.25, 0.3) is 11.0 Å². The number of fused-ring (bicyclic) bond motifs is 1. The van der Waals surface area contributed by atoms with Crippen LogP contribution in [-0.4, -0.2) is 29.1 Å². The van der Waals surface area contributed by atoms with Crippen molar-refractivity contribution in [3.63, 3.8) is 0 Å². The maximum Gasteiger partial charge on any atom is 0.112 e. The van der Waals surface area contributed by atoms with Crippen LogP contribution in [0.1, 0.15) is 19.3 Å². The van der Waals surface area contributed by atoms with Gasteiger partial charge in [-0.05, 0) is 47.4 Å². The van der Waals surface area contributed by atoms with Crippen molar-refractivity contribution in [3.05, 3.63) is 29.0 Å². The van der Waals surface area contributed by atoms with Crippen LogP contribution in [0, 0.1) is 0 Å². The molecule has 5 heteroatoms. The molecule has 3 heterocycles. The summed E-state index contributed by atoms with van der Waals surface area (Å²) >= 11 is 3.43. The first kappa shape index (κ1) is 12.8. The van der Waals surface area contributed by atoms with Crippen molar-refractivity contribution in [1.29, 1.82) is 0 Å². The first-order valence-electron chi connectivity index (χ1n) is 6.70. The quantitative estimate of drug-likeness (QED) is 0.893. The molecule has 2 aromatic rings. The highest BCUT2D eigenvalue weighted by atomic mass is 79.9. The molecule has 1 aliphatic heterocycles. The molecule has 4 nitrogen and oxygen atoms in total. The molecule has 0 saturated carbocycles. The zero-order chi connectivity index (χ0) is 13.1. The number of aromatic nitrogens is 2. The van der Waals surface area contributed by atoms with Gasteiger partial charge in [0, 0.05) is 29.5 Å². The fraction of sp³-hybridized carbons (Fsp3) is 0.429. The van der Waals surface area contributed by atoms with Gasteiger partial charge in [0.2, 0.25) is 0 Å². The summed E-state index contributed by atoms with van der Waals surface area (Å²) in [4.78, 5) is 8.84. The van der Waals surface area contributed by atoms with E-state index in [1.807, 2.05) is 24.5 Å². The van der Waals surface area contributed by atoms with E-state index in [0.717, 1.165) is 34.3 Å². The molecule has 3 rings (SSSR count). The van der Waals surface area contributed by atoms with Crippen LogP contribution in [0.5, 0.6) is 0 Å². The minimum Gasteiger partial charge on any atom is -0.379 e. The molecule has 0 aromatic carbocycles. The predicted octanol–water partition coefficient (Wildman–Crippen LogP) is 2.95. The molecular formula is C14H17BrN4. The van der Waals surface area contributed by atoms with Gasteiger partial charge in [0.25, 0.3) is 0 Å². The number of hydrogen-bond acceptors (Lipinski definition) is 4. The monoisotopic (exact) mass is 320 g/mol. The molecule has 19 heavy (non-hydrogen) atoms. The lowest BCUT2D eigenvalue weighted by molar-refractivity contribution is 0.636. The van der Waals surface area contributed by atoms with Gasteiger partial charge in [-0.3, -0.25) is 9.97 Å². The average Bonchev–Trinajstić information content (AvgIpc) is 2.67. The van der Waals surface area contributed by atoms with Gasteiger partial charge in [-0.1, -0.05) is 6.42 Å². The molecule has 2 aromatic heterocycles. The number of halogens is 1. The summed E-state index contributed by atoms with van der Waals surface area (Å²) in [5.41, 5.74) is 2.93. The third kappa shape index (κ3) is 3.04. The van der Waals surface area contributed by atoms with Gasteiger partial charge >= 0.3 is 0 Å². The summed E-state index contributed by atoms with van der Waals surface area (Å²) in [5.74, 6) is 0. The van der Waals surface area contributed by atoms with Crippen molar-refractivity contribution in [2.24, 2.45) is 0 Å². The number of hydrogen-bond donors (Lipinski definition) is 2. The minimum absolute atomic E-state index is 0.471. The van der Waals surface area contributed by atoms with Crippen LogP contribution in [0.3, 0.4) is 0 Å². The van der Waals surface area contributed by atoms with Gasteiger partial charge in [-0.25, -0.2) is 0 Å². The standard InChI is InChI=1S/C14H17BrN4/c15-10-7-13-14(18-8-10)12(4-6-17-13)19-11-3-1-2-5-16-9-11/h4,6-8,11,16H,1-3,5,9H2,(H,17,19). The third-order valence-corrected chi connectivity index (χ3v) is 3.88. The molecule has 0 amide bonds. The summed E-state index contributed by atoms with van der Waals surface area (Å²) in [7, 11) is 0. The van der Waals surface area contributed by atoms with E-state index in [9.17, 15) is 0 Å². The van der Waals surface area contributed by atoms with Crippen LogP contribution >= 0.6 is 15.9 Å². The normalized spacial score (nSPS) is 20.2. The van der Waals surface area contributed by atoms with Crippen LogP contribution in [0.4, 0.5) is 5.69 Å². The lowest BCUT2D eigenvalue weighted by Gasteiger charge is -2.18. The van der Waals surface area contributed by atoms with Crippen LogP contribution in [-0.2, 0) is 0 Å². The van der Waals surface area contributed by atoms with Gasteiger partial charge < -0.3 is 10.6 Å². The molecular weight excluding hydrogens is 304 g/mol. The van der Waals surface area contributed by atoms with Crippen molar-refractivity contribution in [3.8, 4) is 0 Å². The summed E-state index contributed by atoms with van der Waals surface area (Å²) in [6, 6.07) is 4.48. The molecule has 1 aliphatic rings. The second-order valence-electron chi connectivity index (χ2n) is 4.92. The van der Waals surface area contributed by atoms with Crippen molar-refractivity contribution < 1.29 is 0 Å². The zero-order valence-corrected chi connectivity index (χ0v) is 12.3. The molecule has 0 radical (unpaired) electrons. The van der Waals surface area contributed by atoms with Gasteiger partial charge in [-0.15, -0.1) is 0 Å². The maximum absolute atomic E-state index is 4.48. The molecule has 0 aliphatic carbocycles. The van der Waals surface area contributed by atoms with Gasteiger partial charge in [-0.2, -0.15) is 0 Å². The van der Waals surface area contributed by atoms with E-state index >= 15 is 0 Å². The van der Waals surface area contributed by atoms with Crippen LogP contribution < -0.4 is 10.6 Å². The Morgan fingerprint density at radius 3 is 3.21 bits per heavy atom. The number of rotatable bonds is 2. The molecule has 100 valence electrons. The van der Waals surface area contributed by atoms with Gasteiger partial charge in [0.05, 0.1) is 11.2 Å².